The summed E-state index contributed by atoms with van der Waals surface area (Å²) >= 11 is 0. The van der Waals surface area contributed by atoms with Gasteiger partial charge in [0, 0.05) is 25.4 Å². The van der Waals surface area contributed by atoms with E-state index in [2.05, 4.69) is 0 Å². The largest absolute Gasteiger partial charge is 0.466 e. The third kappa shape index (κ3) is 2.33. The van der Waals surface area contributed by atoms with Crippen molar-refractivity contribution in [1.82, 2.24) is 4.90 Å². The molecule has 0 aliphatic carbocycles. The molecule has 0 bridgehead atoms. The molecule has 4 heteroatoms. The number of hydrogen-bond donors (Lipinski definition) is 0. The second-order valence-corrected chi connectivity index (χ2v) is 4.90. The molecule has 1 aliphatic rings. The molecule has 1 aromatic rings. The molecule has 1 fully saturated rings. The van der Waals surface area contributed by atoms with Crippen molar-refractivity contribution in [2.75, 3.05) is 13.1 Å². The quantitative estimate of drug-likeness (QED) is 0.808. The maximum atomic E-state index is 12.4. The second kappa shape index (κ2) is 4.96. The Bertz CT molecular complexity index is 475. The van der Waals surface area contributed by atoms with Crippen LogP contribution in [0.15, 0.2) is 10.5 Å². The number of carbonyl (C=O) groups is 2. The Labute approximate surface area is 107 Å². The van der Waals surface area contributed by atoms with Crippen LogP contribution in [0.1, 0.15) is 41.6 Å². The topological polar surface area (TPSA) is 50.5 Å². The van der Waals surface area contributed by atoms with Crippen LogP contribution in [0, 0.1) is 19.8 Å². The highest BCUT2D eigenvalue weighted by Gasteiger charge is 2.30. The van der Waals surface area contributed by atoms with E-state index in [4.69, 9.17) is 4.42 Å². The van der Waals surface area contributed by atoms with Crippen molar-refractivity contribution in [1.29, 1.82) is 0 Å². The maximum absolute atomic E-state index is 12.4. The van der Waals surface area contributed by atoms with Gasteiger partial charge in [0.05, 0.1) is 5.56 Å². The molecule has 1 atom stereocenters. The first-order valence-electron chi connectivity index (χ1n) is 6.42. The molecule has 0 aromatic carbocycles. The van der Waals surface area contributed by atoms with Crippen molar-refractivity contribution in [3.63, 3.8) is 0 Å². The van der Waals surface area contributed by atoms with Gasteiger partial charge in [-0.05, 0) is 26.3 Å². The fourth-order valence-electron chi connectivity index (χ4n) is 2.46. The van der Waals surface area contributed by atoms with E-state index in [1.54, 1.807) is 17.9 Å². The fraction of sp³-hybridized carbons (Fsp3) is 0.571. The number of furan rings is 1. The summed E-state index contributed by atoms with van der Waals surface area (Å²) in [4.78, 5) is 25.8. The first-order valence-corrected chi connectivity index (χ1v) is 6.42. The number of likely N-dealkylation sites (tertiary alicyclic amines) is 1. The first kappa shape index (κ1) is 12.9. The molecule has 1 aliphatic heterocycles. The second-order valence-electron chi connectivity index (χ2n) is 4.90. The number of rotatable bonds is 2. The third-order valence-corrected chi connectivity index (χ3v) is 3.58. The fourth-order valence-corrected chi connectivity index (χ4v) is 2.46. The van der Waals surface area contributed by atoms with Gasteiger partial charge in [0.2, 0.25) is 0 Å². The standard InChI is InChI=1S/C14H19NO3/c1-4-11-8-15(6-5-13(11)16)14(17)12-7-9(2)18-10(12)3/h7,11H,4-6,8H2,1-3H3. The third-order valence-electron chi connectivity index (χ3n) is 3.58. The molecule has 1 saturated heterocycles. The Morgan fingerprint density at radius 1 is 1.50 bits per heavy atom. The summed E-state index contributed by atoms with van der Waals surface area (Å²) in [6.07, 6.45) is 1.27. The van der Waals surface area contributed by atoms with E-state index in [9.17, 15) is 9.59 Å². The normalized spacial score (nSPS) is 20.3. The highest BCUT2D eigenvalue weighted by atomic mass is 16.3. The number of carbonyl (C=O) groups excluding carboxylic acids is 2. The zero-order valence-electron chi connectivity index (χ0n) is 11.2. The maximum Gasteiger partial charge on any atom is 0.257 e. The van der Waals surface area contributed by atoms with Crippen LogP contribution in [0.25, 0.3) is 0 Å². The minimum atomic E-state index is -0.0182. The Morgan fingerprint density at radius 2 is 2.22 bits per heavy atom. The van der Waals surface area contributed by atoms with Gasteiger partial charge in [-0.25, -0.2) is 0 Å². The minimum Gasteiger partial charge on any atom is -0.466 e. The summed E-state index contributed by atoms with van der Waals surface area (Å²) < 4.78 is 5.39. The molecule has 4 nitrogen and oxygen atoms in total. The lowest BCUT2D eigenvalue weighted by Gasteiger charge is -2.31. The Kier molecular flexibility index (Phi) is 3.55. The highest BCUT2D eigenvalue weighted by molar-refractivity contribution is 5.96. The summed E-state index contributed by atoms with van der Waals surface area (Å²) in [5.41, 5.74) is 0.622. The molecular weight excluding hydrogens is 230 g/mol. The van der Waals surface area contributed by atoms with E-state index in [1.165, 1.54) is 0 Å². The van der Waals surface area contributed by atoms with E-state index in [1.807, 2.05) is 13.8 Å². The summed E-state index contributed by atoms with van der Waals surface area (Å²) in [5.74, 6) is 1.66. The number of nitrogens with zero attached hydrogens (tertiary/aromatic N) is 1. The Balaban J connectivity index is 2.15. The van der Waals surface area contributed by atoms with Crippen molar-refractivity contribution in [2.24, 2.45) is 5.92 Å². The summed E-state index contributed by atoms with van der Waals surface area (Å²) in [6, 6.07) is 1.77. The molecule has 18 heavy (non-hydrogen) atoms. The molecule has 2 heterocycles. The first-order chi connectivity index (χ1) is 8.52. The summed E-state index contributed by atoms with van der Waals surface area (Å²) in [5, 5.41) is 0. The van der Waals surface area contributed by atoms with Gasteiger partial charge in [-0.1, -0.05) is 6.92 Å². The summed E-state index contributed by atoms with van der Waals surface area (Å²) in [6.45, 7) is 6.68. The van der Waals surface area contributed by atoms with Crippen molar-refractivity contribution in [3.8, 4) is 0 Å². The lowest BCUT2D eigenvalue weighted by Crippen LogP contribution is -2.44. The lowest BCUT2D eigenvalue weighted by molar-refractivity contribution is -0.125. The average Bonchev–Trinajstić information content (AvgIpc) is 2.68. The number of amides is 1. The molecular formula is C14H19NO3. The summed E-state index contributed by atoms with van der Waals surface area (Å²) in [7, 11) is 0. The van der Waals surface area contributed by atoms with Crippen LogP contribution < -0.4 is 0 Å². The van der Waals surface area contributed by atoms with Gasteiger partial charge in [0.15, 0.2) is 0 Å². The van der Waals surface area contributed by atoms with Crippen molar-refractivity contribution >= 4 is 11.7 Å². The van der Waals surface area contributed by atoms with E-state index in [0.717, 1.165) is 12.2 Å². The van der Waals surface area contributed by atoms with Crippen molar-refractivity contribution in [2.45, 2.75) is 33.6 Å². The highest BCUT2D eigenvalue weighted by Crippen LogP contribution is 2.21. The molecule has 1 aromatic heterocycles. The minimum absolute atomic E-state index is 0.00370. The number of aryl methyl sites for hydroxylation is 2. The zero-order chi connectivity index (χ0) is 13.3. The van der Waals surface area contributed by atoms with Gasteiger partial charge in [-0.15, -0.1) is 0 Å². The van der Waals surface area contributed by atoms with Gasteiger partial charge in [-0.2, -0.15) is 0 Å². The number of hydrogen-bond acceptors (Lipinski definition) is 3. The van der Waals surface area contributed by atoms with Crippen LogP contribution in [-0.4, -0.2) is 29.7 Å². The molecule has 0 saturated carbocycles. The van der Waals surface area contributed by atoms with Crippen LogP contribution in [0.2, 0.25) is 0 Å². The van der Waals surface area contributed by atoms with E-state index >= 15 is 0 Å². The van der Waals surface area contributed by atoms with E-state index in [0.29, 0.717) is 30.8 Å². The number of piperidine rings is 1. The van der Waals surface area contributed by atoms with Gasteiger partial charge in [0.1, 0.15) is 17.3 Å². The van der Waals surface area contributed by atoms with Crippen LogP contribution >= 0.6 is 0 Å². The SMILES string of the molecule is CCC1CN(C(=O)c2cc(C)oc2C)CCC1=O. The van der Waals surface area contributed by atoms with Crippen LogP contribution in [-0.2, 0) is 4.79 Å². The molecule has 0 spiro atoms. The average molecular weight is 249 g/mol. The predicted octanol–water partition coefficient (Wildman–Crippen LogP) is 2.34. The molecule has 0 N–H and O–H groups in total. The van der Waals surface area contributed by atoms with Gasteiger partial charge in [-0.3, -0.25) is 9.59 Å². The number of ketones is 1. The van der Waals surface area contributed by atoms with Crippen molar-refractivity contribution in [3.05, 3.63) is 23.2 Å². The van der Waals surface area contributed by atoms with Gasteiger partial charge < -0.3 is 9.32 Å². The lowest BCUT2D eigenvalue weighted by atomic mass is 9.93. The van der Waals surface area contributed by atoms with Crippen LogP contribution in [0.4, 0.5) is 0 Å². The van der Waals surface area contributed by atoms with Gasteiger partial charge in [0.25, 0.3) is 5.91 Å². The van der Waals surface area contributed by atoms with Crippen LogP contribution in [0.3, 0.4) is 0 Å². The zero-order valence-corrected chi connectivity index (χ0v) is 11.2. The van der Waals surface area contributed by atoms with Crippen molar-refractivity contribution < 1.29 is 14.0 Å². The molecule has 2 rings (SSSR count). The molecule has 98 valence electrons. The van der Waals surface area contributed by atoms with E-state index in [-0.39, 0.29) is 17.6 Å². The molecule has 1 unspecified atom stereocenters. The van der Waals surface area contributed by atoms with E-state index < -0.39 is 0 Å². The Morgan fingerprint density at radius 3 is 2.78 bits per heavy atom. The number of Topliss-reactive ketones (excluding diaryl/α,β-unsaturated/α-hetero) is 1. The van der Waals surface area contributed by atoms with Crippen LogP contribution in [0.5, 0.6) is 0 Å². The Hall–Kier alpha value is -1.58. The smallest absolute Gasteiger partial charge is 0.257 e. The molecule has 1 amide bonds. The predicted molar refractivity (Wildman–Crippen MR) is 67.5 cm³/mol. The monoisotopic (exact) mass is 249 g/mol. The van der Waals surface area contributed by atoms with Gasteiger partial charge >= 0.3 is 0 Å². The molecule has 0 radical (unpaired) electrons.